The lowest BCUT2D eigenvalue weighted by Gasteiger charge is -2.28. The molecule has 3 aromatic carbocycles. The number of benzene rings is 3. The molecule has 0 aromatic heterocycles. The number of hydrogen-bond donors (Lipinski definition) is 1. The second-order valence-corrected chi connectivity index (χ2v) is 10.7. The number of fused-ring (bicyclic) bond motifs is 1. The Morgan fingerprint density at radius 3 is 2.38 bits per heavy atom. The van der Waals surface area contributed by atoms with Gasteiger partial charge in [-0.1, -0.05) is 54.6 Å². The molecule has 5 rings (SSSR count). The van der Waals surface area contributed by atoms with Crippen molar-refractivity contribution >= 4 is 34.1 Å². The zero-order valence-corrected chi connectivity index (χ0v) is 20.3. The third-order valence-electron chi connectivity index (χ3n) is 6.84. The number of carbonyl (C=O) groups excluding carboxylic acids is 1. The Labute approximate surface area is 214 Å². The maximum absolute atomic E-state index is 14.3. The fraction of sp³-hybridized carbons (Fsp3) is 0.333. The molecule has 1 amide bonds. The molecule has 2 atom stereocenters. The standard InChI is InChI=1S/C27H22F5N3OS/c28-26(29,27(30,31)32)20-9-3-4-11-23(20)37-18-14-22(24(36)34-25(16-33)12-13-25)35(15-18)21-10-5-7-17-6-1-2-8-19(17)21/h1-11,18,22H,12-15H2,(H,34,36). The average Bonchev–Trinajstić information content (AvgIpc) is 3.52. The summed E-state index contributed by atoms with van der Waals surface area (Å²) in [5.41, 5.74) is -1.23. The van der Waals surface area contributed by atoms with Gasteiger partial charge in [0.2, 0.25) is 5.91 Å². The minimum Gasteiger partial charge on any atom is -0.358 e. The molecule has 1 N–H and O–H groups in total. The quantitative estimate of drug-likeness (QED) is 0.374. The van der Waals surface area contributed by atoms with Crippen molar-refractivity contribution in [2.24, 2.45) is 0 Å². The summed E-state index contributed by atoms with van der Waals surface area (Å²) in [4.78, 5) is 15.0. The third kappa shape index (κ3) is 4.73. The van der Waals surface area contributed by atoms with Crippen LogP contribution in [0.1, 0.15) is 24.8 Å². The van der Waals surface area contributed by atoms with E-state index >= 15 is 0 Å². The van der Waals surface area contributed by atoms with Gasteiger partial charge in [0.25, 0.3) is 0 Å². The van der Waals surface area contributed by atoms with Crippen molar-refractivity contribution in [1.82, 2.24) is 5.32 Å². The highest BCUT2D eigenvalue weighted by atomic mass is 32.2. The molecule has 0 spiro atoms. The lowest BCUT2D eigenvalue weighted by molar-refractivity contribution is -0.290. The Morgan fingerprint density at radius 1 is 1.00 bits per heavy atom. The molecule has 10 heteroatoms. The summed E-state index contributed by atoms with van der Waals surface area (Å²) in [6.07, 6.45) is -4.41. The van der Waals surface area contributed by atoms with E-state index in [-0.39, 0.29) is 23.8 Å². The second-order valence-electron chi connectivity index (χ2n) is 9.39. The monoisotopic (exact) mass is 531 g/mol. The maximum atomic E-state index is 14.3. The Morgan fingerprint density at radius 2 is 1.68 bits per heavy atom. The topological polar surface area (TPSA) is 56.1 Å². The molecule has 1 heterocycles. The van der Waals surface area contributed by atoms with Gasteiger partial charge in [-0.3, -0.25) is 4.79 Å². The van der Waals surface area contributed by atoms with Crippen LogP contribution in [-0.2, 0) is 10.7 Å². The van der Waals surface area contributed by atoms with Gasteiger partial charge >= 0.3 is 12.1 Å². The number of nitrogens with zero attached hydrogens (tertiary/aromatic N) is 2. The van der Waals surface area contributed by atoms with Gasteiger partial charge in [-0.25, -0.2) is 0 Å². The Bertz CT molecular complexity index is 1380. The van der Waals surface area contributed by atoms with Crippen molar-refractivity contribution in [1.29, 1.82) is 5.26 Å². The fourth-order valence-corrected chi connectivity index (χ4v) is 6.08. The molecule has 0 bridgehead atoms. The highest BCUT2D eigenvalue weighted by molar-refractivity contribution is 8.00. The molecule has 0 radical (unpaired) electrons. The van der Waals surface area contributed by atoms with Crippen LogP contribution in [0.5, 0.6) is 0 Å². The smallest absolute Gasteiger partial charge is 0.358 e. The van der Waals surface area contributed by atoms with Gasteiger partial charge in [-0.2, -0.15) is 27.2 Å². The minimum atomic E-state index is -5.73. The van der Waals surface area contributed by atoms with Crippen molar-refractivity contribution in [3.63, 3.8) is 0 Å². The summed E-state index contributed by atoms with van der Waals surface area (Å²) in [6, 6.07) is 19.3. The molecule has 1 saturated carbocycles. The number of alkyl halides is 5. The van der Waals surface area contributed by atoms with Crippen molar-refractivity contribution in [2.45, 2.75) is 53.1 Å². The summed E-state index contributed by atoms with van der Waals surface area (Å²) in [7, 11) is 0. The number of carbonyl (C=O) groups is 1. The number of hydrogen-bond acceptors (Lipinski definition) is 4. The van der Waals surface area contributed by atoms with E-state index in [1.165, 1.54) is 12.1 Å². The van der Waals surface area contributed by atoms with Gasteiger partial charge in [0, 0.05) is 33.3 Å². The number of thioether (sulfide) groups is 1. The van der Waals surface area contributed by atoms with Gasteiger partial charge in [0.05, 0.1) is 6.07 Å². The van der Waals surface area contributed by atoms with Gasteiger partial charge in [-0.15, -0.1) is 11.8 Å². The van der Waals surface area contributed by atoms with Crippen molar-refractivity contribution < 1.29 is 26.7 Å². The zero-order valence-electron chi connectivity index (χ0n) is 19.4. The van der Waals surface area contributed by atoms with Crippen molar-refractivity contribution in [3.05, 3.63) is 72.3 Å². The van der Waals surface area contributed by atoms with Crippen LogP contribution in [0.4, 0.5) is 27.6 Å². The van der Waals surface area contributed by atoms with Crippen LogP contribution in [0.25, 0.3) is 10.8 Å². The van der Waals surface area contributed by atoms with Crippen LogP contribution in [-0.4, -0.2) is 35.5 Å². The number of amides is 1. The van der Waals surface area contributed by atoms with Gasteiger partial charge < -0.3 is 10.2 Å². The van der Waals surface area contributed by atoms with E-state index in [1.807, 2.05) is 47.4 Å². The van der Waals surface area contributed by atoms with Gasteiger partial charge in [0.15, 0.2) is 0 Å². The maximum Gasteiger partial charge on any atom is 0.458 e. The first-order chi connectivity index (χ1) is 17.5. The molecule has 192 valence electrons. The van der Waals surface area contributed by atoms with Crippen LogP contribution in [0.15, 0.2) is 71.6 Å². The van der Waals surface area contributed by atoms with Crippen molar-refractivity contribution in [3.8, 4) is 6.07 Å². The lowest BCUT2D eigenvalue weighted by atomic mass is 10.1. The predicted molar refractivity (Wildman–Crippen MR) is 131 cm³/mol. The van der Waals surface area contributed by atoms with Crippen LogP contribution in [0.3, 0.4) is 0 Å². The first kappa shape index (κ1) is 25.3. The summed E-state index contributed by atoms with van der Waals surface area (Å²) >= 11 is 0.918. The van der Waals surface area contributed by atoms with E-state index in [1.54, 1.807) is 0 Å². The molecular formula is C27H22F5N3OS. The number of nitrogens with one attached hydrogen (secondary N) is 1. The van der Waals surface area contributed by atoms with Crippen LogP contribution in [0, 0.1) is 11.3 Å². The molecule has 37 heavy (non-hydrogen) atoms. The number of halogens is 5. The second kappa shape index (κ2) is 9.21. The van der Waals surface area contributed by atoms with E-state index in [4.69, 9.17) is 0 Å². The zero-order chi connectivity index (χ0) is 26.4. The van der Waals surface area contributed by atoms with Crippen LogP contribution in [0.2, 0.25) is 0 Å². The first-order valence-electron chi connectivity index (χ1n) is 11.7. The van der Waals surface area contributed by atoms with E-state index in [2.05, 4.69) is 11.4 Å². The Kier molecular flexibility index (Phi) is 6.31. The number of nitriles is 1. The summed E-state index contributed by atoms with van der Waals surface area (Å²) in [5, 5.41) is 13.7. The van der Waals surface area contributed by atoms with Crippen LogP contribution < -0.4 is 10.2 Å². The van der Waals surface area contributed by atoms with E-state index < -0.39 is 34.5 Å². The first-order valence-corrected chi connectivity index (χ1v) is 12.6. The highest BCUT2D eigenvalue weighted by Gasteiger charge is 2.59. The van der Waals surface area contributed by atoms with Gasteiger partial charge in [0.1, 0.15) is 11.6 Å². The molecule has 4 nitrogen and oxygen atoms in total. The van der Waals surface area contributed by atoms with Gasteiger partial charge in [-0.05, 0) is 36.8 Å². The van der Waals surface area contributed by atoms with E-state index in [9.17, 15) is 32.0 Å². The number of anilines is 1. The normalized spacial score (nSPS) is 21.0. The van der Waals surface area contributed by atoms with E-state index in [0.29, 0.717) is 12.8 Å². The Hall–Kier alpha value is -3.32. The molecule has 1 aliphatic heterocycles. The molecule has 3 aromatic rings. The summed E-state index contributed by atoms with van der Waals surface area (Å²) in [5.74, 6) is -5.36. The van der Waals surface area contributed by atoms with Crippen LogP contribution >= 0.6 is 11.8 Å². The predicted octanol–water partition coefficient (Wildman–Crippen LogP) is 6.41. The summed E-state index contributed by atoms with van der Waals surface area (Å²) in [6.45, 7) is 0.252. The minimum absolute atomic E-state index is 0.176. The highest BCUT2D eigenvalue weighted by Crippen LogP contribution is 2.48. The lowest BCUT2D eigenvalue weighted by Crippen LogP contribution is -2.47. The molecule has 1 saturated heterocycles. The molecule has 2 fully saturated rings. The molecular weight excluding hydrogens is 509 g/mol. The molecule has 1 aliphatic carbocycles. The van der Waals surface area contributed by atoms with Crippen molar-refractivity contribution in [2.75, 3.05) is 11.4 Å². The Balaban J connectivity index is 1.48. The molecule has 2 aliphatic rings. The largest absolute Gasteiger partial charge is 0.458 e. The van der Waals surface area contributed by atoms with E-state index in [0.717, 1.165) is 40.4 Å². The molecule has 2 unspecified atom stereocenters. The third-order valence-corrected chi connectivity index (χ3v) is 8.13. The SMILES string of the molecule is N#CC1(NC(=O)C2CC(Sc3ccccc3C(F)(F)C(F)(F)F)CN2c2cccc3ccccc23)CC1. The number of rotatable bonds is 6. The summed E-state index contributed by atoms with van der Waals surface area (Å²) < 4.78 is 68.1. The fourth-order valence-electron chi connectivity index (χ4n) is 4.73. The average molecular weight is 532 g/mol.